The summed E-state index contributed by atoms with van der Waals surface area (Å²) in [6.07, 6.45) is 1.88. The first-order valence-corrected chi connectivity index (χ1v) is 44.5. The molecule has 28 rings (SSSR count). The van der Waals surface area contributed by atoms with Crippen molar-refractivity contribution in [2.75, 3.05) is 0 Å². The zero-order chi connectivity index (χ0) is 84.0. The molecule has 10 heterocycles. The number of hydrogen-bond acceptors (Lipinski definition) is 10. The van der Waals surface area contributed by atoms with Gasteiger partial charge in [0.1, 0.15) is 16.1 Å². The maximum Gasteiger partial charge on any atom is 0.233 e. The predicted molar refractivity (Wildman–Crippen MR) is 535 cm³/mol. The number of nitrogens with zero attached hydrogens (tertiary/aromatic N) is 10. The molecule has 0 aliphatic rings. The molecule has 0 amide bonds. The van der Waals surface area contributed by atoms with Crippen LogP contribution in [0.3, 0.4) is 0 Å². The Morgan fingerprint density at radius 3 is 1.23 bits per heavy atom. The van der Waals surface area contributed by atoms with E-state index < -0.39 is 0 Å². The molecule has 10 aromatic heterocycles. The average Bonchev–Trinajstić information content (AvgIpc) is 1.57. The van der Waals surface area contributed by atoms with E-state index in [0.29, 0.717) is 17.2 Å². The molecule has 13 heteroatoms. The highest BCUT2D eigenvalue weighted by Gasteiger charge is 2.27. The minimum atomic E-state index is 0.517. The second kappa shape index (κ2) is 29.5. The molecule has 0 bridgehead atoms. The molecule has 0 aliphatic carbocycles. The predicted octanol–water partition coefficient (Wildman–Crippen LogP) is 30.9. The molecule has 0 N–H and O–H groups in total. The van der Waals surface area contributed by atoms with E-state index in [-0.39, 0.29) is 0 Å². The van der Waals surface area contributed by atoms with Crippen molar-refractivity contribution < 1.29 is 4.42 Å². The first-order chi connectivity index (χ1) is 63.4. The van der Waals surface area contributed by atoms with E-state index in [0.717, 1.165) is 127 Å². The zero-order valence-corrected chi connectivity index (χ0v) is 70.1. The van der Waals surface area contributed by atoms with Crippen molar-refractivity contribution in [2.45, 2.75) is 0 Å². The van der Waals surface area contributed by atoms with Crippen LogP contribution in [0, 0.1) is 0 Å². The van der Waals surface area contributed by atoms with Crippen molar-refractivity contribution >= 4 is 205 Å². The monoisotopic (exact) mass is 1670 g/mol. The van der Waals surface area contributed by atoms with Gasteiger partial charge in [-0.25, -0.2) is 24.9 Å². The molecule has 0 aliphatic heterocycles. The van der Waals surface area contributed by atoms with Crippen molar-refractivity contribution in [2.24, 2.45) is 0 Å². The molecule has 18 aromatic carbocycles. The first-order valence-electron chi connectivity index (χ1n) is 42.9. The minimum absolute atomic E-state index is 0.517. The fraction of sp³-hybridized carbons (Fsp3) is 0. The van der Waals surface area contributed by atoms with Crippen LogP contribution >= 0.6 is 22.7 Å². The fourth-order valence-electron chi connectivity index (χ4n) is 19.2. The third kappa shape index (κ3) is 12.0. The Bertz CT molecular complexity index is 9070. The van der Waals surface area contributed by atoms with E-state index in [1.54, 1.807) is 22.7 Å². The number of benzene rings is 18. The molecule has 128 heavy (non-hydrogen) atoms. The Kier molecular flexibility index (Phi) is 16.8. The Morgan fingerprint density at radius 2 is 0.641 bits per heavy atom. The number of pyridine rings is 1. The highest BCUT2D eigenvalue weighted by molar-refractivity contribution is 7.26. The molecule has 0 spiro atoms. The summed E-state index contributed by atoms with van der Waals surface area (Å²) >= 11 is 3.50. The summed E-state index contributed by atoms with van der Waals surface area (Å²) in [5.74, 6) is 4.60. The summed E-state index contributed by atoms with van der Waals surface area (Å²) in [7, 11) is 0. The second-order valence-electron chi connectivity index (χ2n) is 32.6. The maximum atomic E-state index is 6.35. The number of hydrogen-bond donors (Lipinski definition) is 0. The minimum Gasteiger partial charge on any atom is -0.437 e. The lowest BCUT2D eigenvalue weighted by Gasteiger charge is -2.12. The SMILES string of the molecule is c1ccc(-c2ccc(-c3nc(-n4c5ccccc5c5cc6ccccc6cc54)c4c(n3)oc3ccccc34)nc2)cc1.c1ccc(-c2ccc(-c3nc(-n4c5ccccc5c5cc6ccccc6cc54)c4c(n3)sc3ccccc34)cc2)cc1.c1ccc2cc3c(cc2c1)c1ccccc1n3-c1nc(-c2ccc3c(ccc4ccccc43)c2)nc2c1sc1ccccc12. The van der Waals surface area contributed by atoms with Gasteiger partial charge in [-0.15, -0.1) is 22.7 Å². The molecule has 11 nitrogen and oxygen atoms in total. The van der Waals surface area contributed by atoms with E-state index in [2.05, 4.69) is 372 Å². The van der Waals surface area contributed by atoms with Crippen molar-refractivity contribution in [3.63, 3.8) is 0 Å². The van der Waals surface area contributed by atoms with Crippen LogP contribution in [-0.2, 0) is 0 Å². The van der Waals surface area contributed by atoms with Gasteiger partial charge < -0.3 is 4.42 Å². The number of para-hydroxylation sites is 4. The second-order valence-corrected chi connectivity index (χ2v) is 34.7. The Labute approximate surface area is 738 Å². The van der Waals surface area contributed by atoms with Gasteiger partial charge in [0.25, 0.3) is 0 Å². The molecule has 0 saturated carbocycles. The largest absolute Gasteiger partial charge is 0.437 e. The van der Waals surface area contributed by atoms with Crippen LogP contribution in [0.5, 0.6) is 0 Å². The Morgan fingerprint density at radius 1 is 0.227 bits per heavy atom. The van der Waals surface area contributed by atoms with Crippen molar-refractivity contribution in [3.8, 4) is 74.0 Å². The Balaban J connectivity index is 0.000000102. The highest BCUT2D eigenvalue weighted by Crippen LogP contribution is 2.47. The third-order valence-corrected chi connectivity index (χ3v) is 27.5. The van der Waals surface area contributed by atoms with Crippen LogP contribution in [0.25, 0.3) is 256 Å². The molecule has 0 saturated heterocycles. The van der Waals surface area contributed by atoms with E-state index in [1.807, 2.05) is 54.7 Å². The standard InChI is InChI=1S/C40H23N3S.C38H23N3S.C37H22N4O/c1-2-11-26-23-35-33(22-25(26)10-1)31-13-5-7-15-34(31)43(35)40-38-37(32-14-6-8-16-36(32)44-38)41-39(42-40)28-19-20-30-27(21-28)18-17-24-9-3-4-12-29(24)30;1-2-10-24(11-3-1)25-18-20-26(21-19-25)36-39-37(35-30-15-7-9-17-34(30)42-38(35)40-36)41-32-16-8-6-14-29(32)31-22-27-12-4-5-13-28(27)23-33(31)41;1-2-10-23(11-3-1)26-18-19-30(38-22-26)35-39-36(34-28-15-7-9-17-33(28)42-37(34)40-35)41-31-16-8-6-14-27(31)29-20-24-12-4-5-13-25(24)21-32(29)41/h1-23H;1-23H;1-22H. The van der Waals surface area contributed by atoms with Gasteiger partial charge in [-0.05, 0) is 155 Å². The Hall–Kier alpha value is -16.7. The average molecular weight is 1670 g/mol. The molecular weight excluding hydrogens is 1600 g/mol. The number of fused-ring (bicyclic) bond motifs is 24. The van der Waals surface area contributed by atoms with E-state index >= 15 is 0 Å². The van der Waals surface area contributed by atoms with Gasteiger partial charge in [0.15, 0.2) is 34.9 Å². The number of thiophene rings is 2. The van der Waals surface area contributed by atoms with Gasteiger partial charge in [-0.1, -0.05) is 322 Å². The number of furan rings is 1. The van der Waals surface area contributed by atoms with E-state index in [9.17, 15) is 0 Å². The van der Waals surface area contributed by atoms with Gasteiger partial charge in [-0.3, -0.25) is 18.7 Å². The summed E-state index contributed by atoms with van der Waals surface area (Å²) in [6, 6.07) is 143. The normalized spacial score (nSPS) is 11.9. The smallest absolute Gasteiger partial charge is 0.233 e. The van der Waals surface area contributed by atoms with Gasteiger partial charge in [0.2, 0.25) is 5.71 Å². The van der Waals surface area contributed by atoms with Gasteiger partial charge in [0.05, 0.1) is 54.1 Å². The number of aromatic nitrogens is 10. The summed E-state index contributed by atoms with van der Waals surface area (Å²) < 4.78 is 16.8. The molecule has 0 unspecified atom stereocenters. The number of rotatable bonds is 8. The van der Waals surface area contributed by atoms with Crippen LogP contribution in [0.2, 0.25) is 0 Å². The summed E-state index contributed by atoms with van der Waals surface area (Å²) in [4.78, 5) is 37.2. The molecule has 0 radical (unpaired) electrons. The molecule has 0 fully saturated rings. The van der Waals surface area contributed by atoms with Gasteiger partial charge in [0, 0.05) is 80.8 Å². The zero-order valence-electron chi connectivity index (χ0n) is 68.5. The summed E-state index contributed by atoms with van der Waals surface area (Å²) in [6.45, 7) is 0. The topological polar surface area (TPSA) is 118 Å². The fourth-order valence-corrected chi connectivity index (χ4v) is 21.4. The van der Waals surface area contributed by atoms with E-state index in [1.165, 1.54) is 112 Å². The van der Waals surface area contributed by atoms with E-state index in [4.69, 9.17) is 39.3 Å². The van der Waals surface area contributed by atoms with Crippen molar-refractivity contribution in [1.29, 1.82) is 0 Å². The third-order valence-electron chi connectivity index (χ3n) is 25.3. The van der Waals surface area contributed by atoms with Crippen LogP contribution in [0.1, 0.15) is 0 Å². The lowest BCUT2D eigenvalue weighted by atomic mass is 10.00. The molecule has 596 valence electrons. The summed E-state index contributed by atoms with van der Waals surface area (Å²) in [5, 5.41) is 24.8. The lowest BCUT2D eigenvalue weighted by molar-refractivity contribution is 0.653. The highest BCUT2D eigenvalue weighted by atomic mass is 32.1. The van der Waals surface area contributed by atoms with Gasteiger partial charge in [-0.2, -0.15) is 4.98 Å². The van der Waals surface area contributed by atoms with Crippen molar-refractivity contribution in [1.82, 2.24) is 48.6 Å². The quantitative estimate of drug-likeness (QED) is 0.138. The lowest BCUT2D eigenvalue weighted by Crippen LogP contribution is -2.02. The molecule has 28 aromatic rings. The first kappa shape index (κ1) is 72.9. The van der Waals surface area contributed by atoms with Crippen LogP contribution in [-0.4, -0.2) is 48.6 Å². The molecule has 0 atom stereocenters. The van der Waals surface area contributed by atoms with Crippen molar-refractivity contribution in [3.05, 3.63) is 413 Å². The van der Waals surface area contributed by atoms with Crippen LogP contribution in [0.15, 0.2) is 417 Å². The molecular formula is C115H68N10OS2. The maximum absolute atomic E-state index is 6.35. The van der Waals surface area contributed by atoms with Crippen LogP contribution in [0.4, 0.5) is 0 Å². The van der Waals surface area contributed by atoms with Crippen LogP contribution < -0.4 is 0 Å². The summed E-state index contributed by atoms with van der Waals surface area (Å²) in [5.41, 5.74) is 16.3. The van der Waals surface area contributed by atoms with Gasteiger partial charge >= 0.3 is 0 Å².